The van der Waals surface area contributed by atoms with E-state index in [0.29, 0.717) is 30.2 Å². The Bertz CT molecular complexity index is 1250. The van der Waals surface area contributed by atoms with E-state index in [2.05, 4.69) is 22.1 Å². The van der Waals surface area contributed by atoms with Gasteiger partial charge in [-0.1, -0.05) is 24.8 Å². The molecule has 9 heteroatoms. The van der Waals surface area contributed by atoms with Crippen LogP contribution in [-0.4, -0.2) is 45.8 Å². The summed E-state index contributed by atoms with van der Waals surface area (Å²) in [7, 11) is 0. The highest BCUT2D eigenvalue weighted by atomic mass is 16.5. The van der Waals surface area contributed by atoms with Gasteiger partial charge >= 0.3 is 0 Å². The van der Waals surface area contributed by atoms with Crippen molar-refractivity contribution in [2.24, 2.45) is 0 Å². The van der Waals surface area contributed by atoms with Crippen molar-refractivity contribution in [1.82, 2.24) is 15.1 Å². The second-order valence-corrected chi connectivity index (χ2v) is 7.97. The smallest absolute Gasteiger partial charge is 0.288 e. The predicted octanol–water partition coefficient (Wildman–Crippen LogP) is 3.15. The van der Waals surface area contributed by atoms with Crippen molar-refractivity contribution in [2.45, 2.75) is 18.9 Å². The summed E-state index contributed by atoms with van der Waals surface area (Å²) in [5, 5.41) is 18.2. The predicted molar refractivity (Wildman–Crippen MR) is 132 cm³/mol. The molecule has 1 atom stereocenters. The summed E-state index contributed by atoms with van der Waals surface area (Å²) in [5.74, 6) is 1.20. The minimum Gasteiger partial charge on any atom is -0.457 e. The highest BCUT2D eigenvalue weighted by Crippen LogP contribution is 2.25. The fraction of sp³-hybridized carbons (Fsp3) is 0.200. The molecule has 34 heavy (non-hydrogen) atoms. The minimum absolute atomic E-state index is 0.0338. The maximum absolute atomic E-state index is 12.7. The molecular weight excluding hydrogens is 432 g/mol. The molecule has 1 aliphatic rings. The molecule has 4 rings (SSSR count). The lowest BCUT2D eigenvalue weighted by molar-refractivity contribution is -0.127. The first-order valence-electron chi connectivity index (χ1n) is 10.9. The largest absolute Gasteiger partial charge is 0.457 e. The average Bonchev–Trinajstić information content (AvgIpc) is 2.87. The van der Waals surface area contributed by atoms with Crippen LogP contribution in [0, 0.1) is 5.41 Å². The van der Waals surface area contributed by atoms with Gasteiger partial charge in [-0.3, -0.25) is 15.0 Å². The molecule has 0 radical (unpaired) electrons. The van der Waals surface area contributed by atoms with Crippen LogP contribution in [0.5, 0.6) is 11.5 Å². The first kappa shape index (κ1) is 22.8. The molecule has 1 fully saturated rings. The van der Waals surface area contributed by atoms with Gasteiger partial charge in [0.15, 0.2) is 5.82 Å². The van der Waals surface area contributed by atoms with E-state index in [0.717, 1.165) is 12.8 Å². The Hall–Kier alpha value is -4.40. The number of nitrogens with zero attached hydrogens (tertiary/aromatic N) is 2. The number of hydrogen-bond acceptors (Lipinski definition) is 7. The van der Waals surface area contributed by atoms with Crippen molar-refractivity contribution in [3.8, 4) is 11.5 Å². The van der Waals surface area contributed by atoms with Gasteiger partial charge in [0.05, 0.1) is 11.3 Å². The second kappa shape index (κ2) is 10.0. The maximum Gasteiger partial charge on any atom is 0.288 e. The highest BCUT2D eigenvalue weighted by molar-refractivity contribution is 6.16. The molecule has 5 N–H and O–H groups in total. The van der Waals surface area contributed by atoms with Crippen molar-refractivity contribution in [1.29, 1.82) is 5.41 Å². The zero-order valence-corrected chi connectivity index (χ0v) is 18.6. The summed E-state index contributed by atoms with van der Waals surface area (Å²) in [5.41, 5.74) is 6.60. The highest BCUT2D eigenvalue weighted by Gasteiger charge is 2.26. The van der Waals surface area contributed by atoms with E-state index < -0.39 is 5.56 Å². The van der Waals surface area contributed by atoms with Crippen LogP contribution in [0.25, 0.3) is 0 Å². The number of rotatable bonds is 7. The SMILES string of the molecule is C=CC(=O)N1CCCC(Nc2c(C(=N)c3ccc(Oc4ccccc4)cc3)c(N)n[nH]c2=O)C1. The van der Waals surface area contributed by atoms with Crippen LogP contribution in [0.15, 0.2) is 72.0 Å². The summed E-state index contributed by atoms with van der Waals surface area (Å²) < 4.78 is 5.81. The number of anilines is 2. The van der Waals surface area contributed by atoms with Crippen LogP contribution in [0.4, 0.5) is 11.5 Å². The van der Waals surface area contributed by atoms with Crippen molar-refractivity contribution < 1.29 is 9.53 Å². The Morgan fingerprint density at radius 1 is 1.21 bits per heavy atom. The van der Waals surface area contributed by atoms with Gasteiger partial charge in [-0.2, -0.15) is 5.10 Å². The lowest BCUT2D eigenvalue weighted by Gasteiger charge is -2.33. The topological polar surface area (TPSA) is 137 Å². The summed E-state index contributed by atoms with van der Waals surface area (Å²) >= 11 is 0. The van der Waals surface area contributed by atoms with Gasteiger partial charge in [-0.25, -0.2) is 5.10 Å². The third-order valence-electron chi connectivity index (χ3n) is 5.64. The van der Waals surface area contributed by atoms with Crippen LogP contribution in [0.2, 0.25) is 0 Å². The Kier molecular flexibility index (Phi) is 6.72. The van der Waals surface area contributed by atoms with Crippen LogP contribution < -0.4 is 21.3 Å². The van der Waals surface area contributed by atoms with E-state index in [4.69, 9.17) is 15.9 Å². The van der Waals surface area contributed by atoms with Crippen molar-refractivity contribution in [3.05, 3.63) is 88.7 Å². The van der Waals surface area contributed by atoms with Crippen molar-refractivity contribution in [2.75, 3.05) is 24.1 Å². The summed E-state index contributed by atoms with van der Waals surface area (Å²) in [4.78, 5) is 26.4. The number of nitrogens with one attached hydrogen (secondary N) is 3. The number of H-pyrrole nitrogens is 1. The lowest BCUT2D eigenvalue weighted by atomic mass is 10.00. The number of nitrogens with two attached hydrogens (primary N) is 1. The number of para-hydroxylation sites is 1. The normalized spacial score (nSPS) is 15.4. The van der Waals surface area contributed by atoms with E-state index in [-0.39, 0.29) is 34.7 Å². The Balaban J connectivity index is 1.57. The second-order valence-electron chi connectivity index (χ2n) is 7.97. The standard InChI is InChI=1S/C25H26N6O3/c1-2-20(32)31-14-6-7-17(15-31)28-23-21(24(27)29-30-25(23)33)22(26)16-10-12-19(13-11-16)34-18-8-4-3-5-9-18/h2-5,8-13,17,26H,1,6-7,14-15H2,(H,30,33)(H3,27,28,29). The third-order valence-corrected chi connectivity index (χ3v) is 5.64. The van der Waals surface area contributed by atoms with Gasteiger partial charge in [-0.05, 0) is 55.3 Å². The monoisotopic (exact) mass is 458 g/mol. The number of piperidine rings is 1. The van der Waals surface area contributed by atoms with E-state index >= 15 is 0 Å². The van der Waals surface area contributed by atoms with Gasteiger partial charge in [-0.15, -0.1) is 0 Å². The zero-order chi connectivity index (χ0) is 24.1. The summed E-state index contributed by atoms with van der Waals surface area (Å²) in [6, 6.07) is 16.2. The van der Waals surface area contributed by atoms with Gasteiger partial charge in [0.2, 0.25) is 5.91 Å². The number of benzene rings is 2. The van der Waals surface area contributed by atoms with E-state index in [1.165, 1.54) is 6.08 Å². The quantitative estimate of drug-likeness (QED) is 0.317. The number of aromatic nitrogens is 2. The van der Waals surface area contributed by atoms with Gasteiger partial charge in [0.1, 0.15) is 17.2 Å². The molecule has 0 bridgehead atoms. The number of ether oxygens (including phenoxy) is 1. The fourth-order valence-electron chi connectivity index (χ4n) is 3.94. The molecule has 1 saturated heterocycles. The Labute approximate surface area is 196 Å². The summed E-state index contributed by atoms with van der Waals surface area (Å²) in [6.07, 6.45) is 2.83. The Morgan fingerprint density at radius 3 is 2.62 bits per heavy atom. The molecule has 3 aromatic rings. The van der Waals surface area contributed by atoms with Crippen molar-refractivity contribution in [3.63, 3.8) is 0 Å². The molecule has 9 nitrogen and oxygen atoms in total. The molecule has 2 aromatic carbocycles. The summed E-state index contributed by atoms with van der Waals surface area (Å²) in [6.45, 7) is 4.60. The molecule has 0 spiro atoms. The average molecular weight is 459 g/mol. The molecule has 1 aromatic heterocycles. The fourth-order valence-corrected chi connectivity index (χ4v) is 3.94. The maximum atomic E-state index is 12.7. The van der Waals surface area contributed by atoms with E-state index in [1.54, 1.807) is 29.2 Å². The number of aromatic amines is 1. The number of hydrogen-bond donors (Lipinski definition) is 4. The number of carbonyl (C=O) groups is 1. The number of likely N-dealkylation sites (tertiary alicyclic amines) is 1. The molecular formula is C25H26N6O3. The molecule has 2 heterocycles. The molecule has 1 unspecified atom stereocenters. The first-order valence-corrected chi connectivity index (χ1v) is 10.9. The molecule has 0 aliphatic carbocycles. The van der Waals surface area contributed by atoms with E-state index in [9.17, 15) is 9.59 Å². The van der Waals surface area contributed by atoms with E-state index in [1.807, 2.05) is 30.3 Å². The van der Waals surface area contributed by atoms with Crippen LogP contribution in [-0.2, 0) is 4.79 Å². The van der Waals surface area contributed by atoms with Gasteiger partial charge in [0.25, 0.3) is 5.56 Å². The van der Waals surface area contributed by atoms with Gasteiger partial charge in [0, 0.05) is 24.7 Å². The molecule has 1 aliphatic heterocycles. The molecule has 174 valence electrons. The number of amides is 1. The number of carbonyl (C=O) groups excluding carboxylic acids is 1. The Morgan fingerprint density at radius 2 is 1.91 bits per heavy atom. The minimum atomic E-state index is -0.481. The van der Waals surface area contributed by atoms with Gasteiger partial charge < -0.3 is 20.7 Å². The third kappa shape index (κ3) is 4.98. The number of nitrogen functional groups attached to an aromatic ring is 1. The first-order chi connectivity index (χ1) is 16.5. The molecule has 1 amide bonds. The molecule has 0 saturated carbocycles. The lowest BCUT2D eigenvalue weighted by Crippen LogP contribution is -2.45. The van der Waals surface area contributed by atoms with Crippen LogP contribution >= 0.6 is 0 Å². The zero-order valence-electron chi connectivity index (χ0n) is 18.6. The van der Waals surface area contributed by atoms with Crippen LogP contribution in [0.1, 0.15) is 24.0 Å². The van der Waals surface area contributed by atoms with Crippen molar-refractivity contribution >= 4 is 23.1 Å². The van der Waals surface area contributed by atoms with Crippen LogP contribution in [0.3, 0.4) is 0 Å².